The predicted molar refractivity (Wildman–Crippen MR) is 61.0 cm³/mol. The minimum atomic E-state index is -0.000283. The van der Waals surface area contributed by atoms with Crippen molar-refractivity contribution in [1.82, 2.24) is 0 Å². The van der Waals surface area contributed by atoms with Gasteiger partial charge in [-0.05, 0) is 41.1 Å². The Labute approximate surface area is 92.7 Å². The third-order valence-corrected chi connectivity index (χ3v) is 2.40. The topological polar surface area (TPSA) is 18.5 Å². The summed E-state index contributed by atoms with van der Waals surface area (Å²) in [7, 11) is 1.63. The Kier molecular flexibility index (Phi) is 4.01. The lowest BCUT2D eigenvalue weighted by Gasteiger charge is -2.12. The summed E-state index contributed by atoms with van der Waals surface area (Å²) >= 11 is 3.41. The van der Waals surface area contributed by atoms with Gasteiger partial charge in [0.05, 0.1) is 11.6 Å². The average molecular weight is 257 g/mol. The van der Waals surface area contributed by atoms with Gasteiger partial charge in [-0.2, -0.15) is 0 Å². The van der Waals surface area contributed by atoms with Gasteiger partial charge < -0.3 is 9.47 Å². The molecule has 0 amide bonds. The van der Waals surface area contributed by atoms with Crippen LogP contribution >= 0.6 is 15.9 Å². The van der Waals surface area contributed by atoms with E-state index in [2.05, 4.69) is 22.5 Å². The molecule has 1 aromatic rings. The minimum absolute atomic E-state index is 0.000283. The van der Waals surface area contributed by atoms with Crippen LogP contribution in [0.25, 0.3) is 0 Å². The molecule has 0 aliphatic rings. The molecule has 2 nitrogen and oxygen atoms in total. The second-order valence-corrected chi connectivity index (χ2v) is 3.71. The van der Waals surface area contributed by atoms with Crippen LogP contribution in [0.2, 0.25) is 0 Å². The van der Waals surface area contributed by atoms with Crippen LogP contribution in [0.3, 0.4) is 0 Å². The van der Waals surface area contributed by atoms with E-state index in [1.165, 1.54) is 0 Å². The Morgan fingerprint density at radius 3 is 2.71 bits per heavy atom. The number of halogens is 1. The molecule has 0 aliphatic heterocycles. The summed E-state index contributed by atoms with van der Waals surface area (Å²) in [5.74, 6) is 1.59. The third-order valence-electron chi connectivity index (χ3n) is 1.78. The van der Waals surface area contributed by atoms with Crippen molar-refractivity contribution in [1.29, 1.82) is 0 Å². The molecule has 0 fully saturated rings. The monoisotopic (exact) mass is 256 g/mol. The summed E-state index contributed by atoms with van der Waals surface area (Å²) in [5.41, 5.74) is 0. The third kappa shape index (κ3) is 2.77. The van der Waals surface area contributed by atoms with Gasteiger partial charge in [-0.1, -0.05) is 12.7 Å². The van der Waals surface area contributed by atoms with Crippen LogP contribution in [-0.4, -0.2) is 13.2 Å². The predicted octanol–water partition coefficient (Wildman–Crippen LogP) is 3.41. The van der Waals surface area contributed by atoms with E-state index < -0.39 is 0 Å². The molecular formula is C11H13BrO2. The Morgan fingerprint density at radius 2 is 2.21 bits per heavy atom. The van der Waals surface area contributed by atoms with Crippen LogP contribution in [0.1, 0.15) is 6.92 Å². The normalized spacial score (nSPS) is 11.9. The first-order valence-electron chi connectivity index (χ1n) is 4.30. The Bertz CT molecular complexity index is 323. The lowest BCUT2D eigenvalue weighted by molar-refractivity contribution is 0.268. The molecule has 76 valence electrons. The van der Waals surface area contributed by atoms with E-state index >= 15 is 0 Å². The number of hydrogen-bond acceptors (Lipinski definition) is 2. The van der Waals surface area contributed by atoms with Crippen LogP contribution in [0.5, 0.6) is 11.5 Å². The second kappa shape index (κ2) is 5.05. The average Bonchev–Trinajstić information content (AvgIpc) is 2.20. The molecular weight excluding hydrogens is 244 g/mol. The van der Waals surface area contributed by atoms with E-state index in [0.29, 0.717) is 0 Å². The van der Waals surface area contributed by atoms with E-state index in [9.17, 15) is 0 Å². The zero-order valence-corrected chi connectivity index (χ0v) is 9.87. The van der Waals surface area contributed by atoms with Crippen LogP contribution in [0.15, 0.2) is 35.3 Å². The largest absolute Gasteiger partial charge is 0.497 e. The van der Waals surface area contributed by atoms with Crippen molar-refractivity contribution in [3.8, 4) is 11.5 Å². The van der Waals surface area contributed by atoms with Crippen molar-refractivity contribution >= 4 is 15.9 Å². The summed E-state index contributed by atoms with van der Waals surface area (Å²) in [4.78, 5) is 0. The summed E-state index contributed by atoms with van der Waals surface area (Å²) in [6, 6.07) is 5.59. The molecule has 0 aliphatic carbocycles. The Morgan fingerprint density at radius 1 is 1.50 bits per heavy atom. The summed E-state index contributed by atoms with van der Waals surface area (Å²) < 4.78 is 11.5. The quantitative estimate of drug-likeness (QED) is 0.769. The van der Waals surface area contributed by atoms with Crippen LogP contribution in [0, 0.1) is 0 Å². The fourth-order valence-electron chi connectivity index (χ4n) is 0.952. The molecule has 0 heterocycles. The maximum Gasteiger partial charge on any atom is 0.134 e. The van der Waals surface area contributed by atoms with Crippen molar-refractivity contribution in [3.63, 3.8) is 0 Å². The van der Waals surface area contributed by atoms with E-state index in [1.807, 2.05) is 25.1 Å². The first-order valence-corrected chi connectivity index (χ1v) is 5.09. The van der Waals surface area contributed by atoms with E-state index in [4.69, 9.17) is 9.47 Å². The Hall–Kier alpha value is -0.960. The minimum Gasteiger partial charge on any atom is -0.497 e. The molecule has 0 N–H and O–H groups in total. The molecule has 1 unspecified atom stereocenters. The number of benzene rings is 1. The summed E-state index contributed by atoms with van der Waals surface area (Å²) in [5, 5.41) is 0. The molecule has 0 bridgehead atoms. The fourth-order valence-corrected chi connectivity index (χ4v) is 1.40. The van der Waals surface area contributed by atoms with Crippen molar-refractivity contribution in [3.05, 3.63) is 35.3 Å². The van der Waals surface area contributed by atoms with Crippen molar-refractivity contribution in [2.75, 3.05) is 7.11 Å². The molecule has 3 heteroatoms. The maximum absolute atomic E-state index is 5.57. The van der Waals surface area contributed by atoms with Crippen molar-refractivity contribution < 1.29 is 9.47 Å². The zero-order chi connectivity index (χ0) is 10.6. The molecule has 14 heavy (non-hydrogen) atoms. The van der Waals surface area contributed by atoms with Gasteiger partial charge in [0.2, 0.25) is 0 Å². The number of methoxy groups -OCH3 is 1. The van der Waals surface area contributed by atoms with Crippen LogP contribution in [-0.2, 0) is 0 Å². The van der Waals surface area contributed by atoms with Crippen LogP contribution < -0.4 is 9.47 Å². The van der Waals surface area contributed by atoms with Gasteiger partial charge in [-0.25, -0.2) is 0 Å². The molecule has 1 rings (SSSR count). The first kappa shape index (κ1) is 11.1. The van der Waals surface area contributed by atoms with Gasteiger partial charge in [-0.3, -0.25) is 0 Å². The highest BCUT2D eigenvalue weighted by Crippen LogP contribution is 2.29. The molecule has 0 aromatic heterocycles. The van der Waals surface area contributed by atoms with Crippen molar-refractivity contribution in [2.24, 2.45) is 0 Å². The van der Waals surface area contributed by atoms with E-state index in [-0.39, 0.29) is 6.10 Å². The molecule has 0 spiro atoms. The zero-order valence-electron chi connectivity index (χ0n) is 8.29. The SMILES string of the molecule is C=CC(C)Oc1ccc(OC)cc1Br. The van der Waals surface area contributed by atoms with Crippen LogP contribution in [0.4, 0.5) is 0 Å². The van der Waals surface area contributed by atoms with Gasteiger partial charge >= 0.3 is 0 Å². The van der Waals surface area contributed by atoms with Gasteiger partial charge in [0.15, 0.2) is 0 Å². The number of hydrogen-bond donors (Lipinski definition) is 0. The first-order chi connectivity index (χ1) is 6.67. The van der Waals surface area contributed by atoms with Gasteiger partial charge in [-0.15, -0.1) is 0 Å². The fraction of sp³-hybridized carbons (Fsp3) is 0.273. The molecule has 1 atom stereocenters. The highest BCUT2D eigenvalue weighted by molar-refractivity contribution is 9.10. The lowest BCUT2D eigenvalue weighted by atomic mass is 10.3. The van der Waals surface area contributed by atoms with Gasteiger partial charge in [0.1, 0.15) is 17.6 Å². The molecule has 1 aromatic carbocycles. The highest BCUT2D eigenvalue weighted by Gasteiger charge is 2.05. The molecule has 0 radical (unpaired) electrons. The maximum atomic E-state index is 5.57. The highest BCUT2D eigenvalue weighted by atomic mass is 79.9. The van der Waals surface area contributed by atoms with E-state index in [1.54, 1.807) is 13.2 Å². The molecule has 0 saturated heterocycles. The standard InChI is InChI=1S/C11H13BrO2/c1-4-8(2)14-11-6-5-9(13-3)7-10(11)12/h4-8H,1H2,2-3H3. The number of ether oxygens (including phenoxy) is 2. The second-order valence-electron chi connectivity index (χ2n) is 2.86. The summed E-state index contributed by atoms with van der Waals surface area (Å²) in [6.45, 7) is 5.59. The number of rotatable bonds is 4. The lowest BCUT2D eigenvalue weighted by Crippen LogP contribution is -2.07. The van der Waals surface area contributed by atoms with E-state index in [0.717, 1.165) is 16.0 Å². The summed E-state index contributed by atoms with van der Waals surface area (Å²) in [6.07, 6.45) is 1.75. The smallest absolute Gasteiger partial charge is 0.134 e. The van der Waals surface area contributed by atoms with Crippen molar-refractivity contribution in [2.45, 2.75) is 13.0 Å². The van der Waals surface area contributed by atoms with Gasteiger partial charge in [0.25, 0.3) is 0 Å². The Balaban J connectivity index is 2.83. The molecule has 0 saturated carbocycles. The van der Waals surface area contributed by atoms with Gasteiger partial charge in [0, 0.05) is 0 Å².